The molecule has 0 unspecified atom stereocenters. The van der Waals surface area contributed by atoms with Crippen LogP contribution in [0, 0.1) is 20.8 Å². The first-order chi connectivity index (χ1) is 12.2. The molecular weight excluding hydrogens is 306 g/mol. The molecule has 0 aliphatic carbocycles. The Morgan fingerprint density at radius 2 is 1.56 bits per heavy atom. The predicted octanol–water partition coefficient (Wildman–Crippen LogP) is 3.71. The zero-order valence-corrected chi connectivity index (χ0v) is 14.8. The first kappa shape index (κ1) is 15.5. The highest BCUT2D eigenvalue weighted by Gasteiger charge is 2.23. The van der Waals surface area contributed by atoms with Crippen molar-refractivity contribution < 1.29 is 9.13 Å². The van der Waals surface area contributed by atoms with Crippen LogP contribution in [-0.2, 0) is 0 Å². The van der Waals surface area contributed by atoms with Gasteiger partial charge in [-0.1, -0.05) is 29.2 Å². The molecule has 2 aromatic heterocycles. The Morgan fingerprint density at radius 3 is 2.36 bits per heavy atom. The van der Waals surface area contributed by atoms with Crippen molar-refractivity contribution in [2.24, 2.45) is 0 Å². The monoisotopic (exact) mass is 327 g/mol. The summed E-state index contributed by atoms with van der Waals surface area (Å²) in [5.74, 6) is 0.974. The lowest BCUT2D eigenvalue weighted by Crippen LogP contribution is -2.39. The van der Waals surface area contributed by atoms with E-state index in [1.807, 2.05) is 19.2 Å². The number of hydrogen-bond acceptors (Lipinski definition) is 1. The molecule has 0 atom stereocenters. The summed E-state index contributed by atoms with van der Waals surface area (Å²) in [6.07, 6.45) is 6.04. The van der Waals surface area contributed by atoms with Crippen molar-refractivity contribution in [2.45, 2.75) is 20.8 Å². The summed E-state index contributed by atoms with van der Waals surface area (Å²) in [6.45, 7) is 6.37. The van der Waals surface area contributed by atoms with Gasteiger partial charge in [-0.3, -0.25) is 0 Å². The number of hydrogen-bond donors (Lipinski definition) is 0. The number of benzene rings is 2. The highest BCUT2D eigenvalue weighted by atomic mass is 15.0. The van der Waals surface area contributed by atoms with Crippen LogP contribution in [0.3, 0.4) is 0 Å². The fraction of sp³-hybridized carbons (Fsp3) is 0.136. The number of aromatic nitrogens is 3. The Labute approximate surface area is 147 Å². The van der Waals surface area contributed by atoms with Crippen molar-refractivity contribution in [1.82, 2.24) is 4.98 Å². The third-order valence-corrected chi connectivity index (χ3v) is 4.74. The molecule has 4 rings (SSSR count). The second-order valence-electron chi connectivity index (χ2n) is 6.34. The summed E-state index contributed by atoms with van der Waals surface area (Å²) in [5.41, 5.74) is 4.83. The van der Waals surface area contributed by atoms with Gasteiger partial charge < -0.3 is 0 Å². The van der Waals surface area contributed by atoms with Crippen LogP contribution in [0.2, 0.25) is 0 Å². The standard InChI is InChI=1S/C22H21N3/c1-16-9-6-7-13-24(16)22-17(2)21(25-14-8-12-23-18(25)3)15-19-10-4-5-11-20(19)22/h4-15H,1-3H3/q+2. The summed E-state index contributed by atoms with van der Waals surface area (Å²) >= 11 is 0. The van der Waals surface area contributed by atoms with Crippen LogP contribution in [0.5, 0.6) is 0 Å². The predicted molar refractivity (Wildman–Crippen MR) is 99.0 cm³/mol. The minimum absolute atomic E-state index is 0.974. The van der Waals surface area contributed by atoms with Gasteiger partial charge in [0.1, 0.15) is 18.1 Å². The Bertz CT molecular complexity index is 1080. The van der Waals surface area contributed by atoms with Crippen molar-refractivity contribution in [3.8, 4) is 11.4 Å². The van der Waals surface area contributed by atoms with Crippen molar-refractivity contribution in [2.75, 3.05) is 0 Å². The molecule has 0 saturated heterocycles. The minimum Gasteiger partial charge on any atom is -0.200 e. The molecule has 0 fully saturated rings. The quantitative estimate of drug-likeness (QED) is 0.514. The third kappa shape index (κ3) is 2.58. The van der Waals surface area contributed by atoms with Gasteiger partial charge in [-0.25, -0.2) is 0 Å². The molecule has 122 valence electrons. The van der Waals surface area contributed by atoms with E-state index < -0.39 is 0 Å². The van der Waals surface area contributed by atoms with Gasteiger partial charge in [0, 0.05) is 32.0 Å². The van der Waals surface area contributed by atoms with E-state index >= 15 is 0 Å². The molecule has 0 radical (unpaired) electrons. The summed E-state index contributed by atoms with van der Waals surface area (Å²) in [7, 11) is 0. The van der Waals surface area contributed by atoms with E-state index in [9.17, 15) is 0 Å². The molecule has 4 aromatic rings. The summed E-state index contributed by atoms with van der Waals surface area (Å²) < 4.78 is 4.43. The number of rotatable bonds is 2. The smallest absolute Gasteiger partial charge is 0.200 e. The zero-order chi connectivity index (χ0) is 17.4. The molecule has 2 heterocycles. The topological polar surface area (TPSA) is 20.6 Å². The van der Waals surface area contributed by atoms with E-state index in [-0.39, 0.29) is 0 Å². The van der Waals surface area contributed by atoms with Gasteiger partial charge in [0.2, 0.25) is 5.69 Å². The molecule has 0 aliphatic heterocycles. The molecule has 2 aromatic carbocycles. The second-order valence-corrected chi connectivity index (χ2v) is 6.34. The van der Waals surface area contributed by atoms with E-state index in [0.717, 1.165) is 11.5 Å². The van der Waals surface area contributed by atoms with Crippen molar-refractivity contribution in [1.29, 1.82) is 0 Å². The lowest BCUT2D eigenvalue weighted by Gasteiger charge is -2.11. The summed E-state index contributed by atoms with van der Waals surface area (Å²) in [4.78, 5) is 4.45. The molecular formula is C22H21N3+2. The molecule has 0 saturated carbocycles. The highest BCUT2D eigenvalue weighted by Crippen LogP contribution is 2.26. The lowest BCUT2D eigenvalue weighted by molar-refractivity contribution is -0.613. The summed E-state index contributed by atoms with van der Waals surface area (Å²) in [6, 6.07) is 19.1. The molecule has 0 amide bonds. The maximum absolute atomic E-state index is 4.45. The van der Waals surface area contributed by atoms with Gasteiger partial charge in [0.15, 0.2) is 11.9 Å². The maximum Gasteiger partial charge on any atom is 0.300 e. The van der Waals surface area contributed by atoms with E-state index in [1.165, 1.54) is 27.7 Å². The van der Waals surface area contributed by atoms with E-state index in [1.54, 1.807) is 0 Å². The maximum atomic E-state index is 4.45. The number of aryl methyl sites for hydroxylation is 2. The molecule has 3 heteroatoms. The van der Waals surface area contributed by atoms with Gasteiger partial charge in [0.05, 0.1) is 10.9 Å². The van der Waals surface area contributed by atoms with Crippen LogP contribution in [0.1, 0.15) is 17.1 Å². The molecule has 0 N–H and O–H groups in total. The van der Waals surface area contributed by atoms with E-state index in [2.05, 4.69) is 88.9 Å². The second kappa shape index (κ2) is 6.10. The number of pyridine rings is 1. The average molecular weight is 327 g/mol. The molecule has 0 aliphatic rings. The molecule has 25 heavy (non-hydrogen) atoms. The van der Waals surface area contributed by atoms with Crippen molar-refractivity contribution in [3.63, 3.8) is 0 Å². The minimum atomic E-state index is 0.974. The average Bonchev–Trinajstić information content (AvgIpc) is 2.63. The third-order valence-electron chi connectivity index (χ3n) is 4.74. The van der Waals surface area contributed by atoms with Gasteiger partial charge in [0.25, 0.3) is 5.82 Å². The highest BCUT2D eigenvalue weighted by molar-refractivity contribution is 5.91. The van der Waals surface area contributed by atoms with Crippen LogP contribution in [0.4, 0.5) is 0 Å². The lowest BCUT2D eigenvalue weighted by atomic mass is 10.0. The Kier molecular flexibility index (Phi) is 3.77. The fourth-order valence-corrected chi connectivity index (χ4v) is 3.46. The normalized spacial score (nSPS) is 11.0. The SMILES string of the molecule is Cc1c(-[n+]2cccnc2C)cc2ccccc2c1-[n+]1ccccc1C. The Morgan fingerprint density at radius 1 is 0.800 bits per heavy atom. The number of fused-ring (bicyclic) bond motifs is 1. The van der Waals surface area contributed by atoms with Gasteiger partial charge >= 0.3 is 0 Å². The fourth-order valence-electron chi connectivity index (χ4n) is 3.46. The Hall–Kier alpha value is -3.07. The zero-order valence-electron chi connectivity index (χ0n) is 14.8. The molecule has 0 bridgehead atoms. The molecule has 3 nitrogen and oxygen atoms in total. The Balaban J connectivity index is 2.13. The van der Waals surface area contributed by atoms with Crippen molar-refractivity contribution in [3.05, 3.63) is 90.3 Å². The number of nitrogens with zero attached hydrogens (tertiary/aromatic N) is 3. The first-order valence-corrected chi connectivity index (χ1v) is 8.50. The molecule has 0 spiro atoms. The van der Waals surface area contributed by atoms with Crippen LogP contribution < -0.4 is 9.13 Å². The van der Waals surface area contributed by atoms with Crippen molar-refractivity contribution >= 4 is 10.8 Å². The van der Waals surface area contributed by atoms with Gasteiger partial charge in [-0.05, 0) is 24.4 Å². The largest absolute Gasteiger partial charge is 0.300 e. The van der Waals surface area contributed by atoms with Crippen LogP contribution in [0.25, 0.3) is 22.1 Å². The first-order valence-electron chi connectivity index (χ1n) is 8.50. The summed E-state index contributed by atoms with van der Waals surface area (Å²) in [5, 5.41) is 2.48. The van der Waals surface area contributed by atoms with Crippen LogP contribution in [-0.4, -0.2) is 4.98 Å². The van der Waals surface area contributed by atoms with Gasteiger partial charge in [-0.2, -0.15) is 9.13 Å². The van der Waals surface area contributed by atoms with E-state index in [4.69, 9.17) is 0 Å². The van der Waals surface area contributed by atoms with Crippen LogP contribution >= 0.6 is 0 Å². The van der Waals surface area contributed by atoms with E-state index in [0.29, 0.717) is 0 Å². The van der Waals surface area contributed by atoms with Crippen LogP contribution in [0.15, 0.2) is 73.2 Å². The van der Waals surface area contributed by atoms with Gasteiger partial charge in [-0.15, -0.1) is 0 Å².